The largest absolute Gasteiger partial charge is 0.487 e. The molecule has 4 heteroatoms. The highest BCUT2D eigenvalue weighted by atomic mass is 32.2. The smallest absolute Gasteiger partial charge is 0.348 e. The van der Waals surface area contributed by atoms with Gasteiger partial charge in [-0.1, -0.05) is 36.8 Å². The molecular formula is C17H20O3S. The maximum atomic E-state index is 12.3. The molecule has 3 nitrogen and oxygen atoms in total. The van der Waals surface area contributed by atoms with Crippen LogP contribution in [0.25, 0.3) is 5.76 Å². The zero-order valence-corrected chi connectivity index (χ0v) is 13.0. The molecule has 1 aliphatic carbocycles. The Morgan fingerprint density at radius 3 is 2.81 bits per heavy atom. The molecule has 1 fully saturated rings. The Labute approximate surface area is 129 Å². The van der Waals surface area contributed by atoms with Crippen molar-refractivity contribution < 1.29 is 14.3 Å². The third-order valence-corrected chi connectivity index (χ3v) is 5.31. The number of rotatable bonds is 3. The predicted octanol–water partition coefficient (Wildman–Crippen LogP) is 3.99. The van der Waals surface area contributed by atoms with Crippen LogP contribution in [0.15, 0.2) is 35.2 Å². The molecule has 1 saturated carbocycles. The summed E-state index contributed by atoms with van der Waals surface area (Å²) < 4.78 is 11.4. The van der Waals surface area contributed by atoms with E-state index < -0.39 is 0 Å². The maximum Gasteiger partial charge on any atom is 0.348 e. The van der Waals surface area contributed by atoms with Gasteiger partial charge in [0.2, 0.25) is 0 Å². The number of carbonyl (C=O) groups excluding carboxylic acids is 1. The van der Waals surface area contributed by atoms with E-state index in [4.69, 9.17) is 9.47 Å². The molecule has 0 unspecified atom stereocenters. The minimum absolute atomic E-state index is 0.220. The number of carbonyl (C=O) groups is 1. The first-order chi connectivity index (χ1) is 10.3. The number of hydrogen-bond donors (Lipinski definition) is 0. The highest BCUT2D eigenvalue weighted by molar-refractivity contribution is 8.04. The van der Waals surface area contributed by atoms with Crippen molar-refractivity contribution in [3.05, 3.63) is 40.8 Å². The lowest BCUT2D eigenvalue weighted by Gasteiger charge is -2.37. The minimum Gasteiger partial charge on any atom is -0.487 e. The second-order valence-corrected chi connectivity index (χ2v) is 6.59. The quantitative estimate of drug-likeness (QED) is 0.791. The van der Waals surface area contributed by atoms with Gasteiger partial charge in [-0.25, -0.2) is 4.79 Å². The second kappa shape index (κ2) is 6.56. The molecule has 0 N–H and O–H groups in total. The van der Waals surface area contributed by atoms with Gasteiger partial charge in [0.15, 0.2) is 0 Å². The Hall–Kier alpha value is -1.42. The van der Waals surface area contributed by atoms with Crippen LogP contribution in [-0.2, 0) is 14.3 Å². The summed E-state index contributed by atoms with van der Waals surface area (Å²) in [4.78, 5) is 12.9. The van der Waals surface area contributed by atoms with Crippen molar-refractivity contribution >= 4 is 23.5 Å². The van der Waals surface area contributed by atoms with Crippen molar-refractivity contribution in [2.45, 2.75) is 44.0 Å². The van der Waals surface area contributed by atoms with Crippen LogP contribution in [0.5, 0.6) is 0 Å². The van der Waals surface area contributed by atoms with E-state index in [0.717, 1.165) is 18.4 Å². The molecule has 2 aliphatic rings. The molecule has 2 atom stereocenters. The fourth-order valence-electron chi connectivity index (χ4n) is 2.87. The van der Waals surface area contributed by atoms with E-state index in [2.05, 4.69) is 0 Å². The van der Waals surface area contributed by atoms with Gasteiger partial charge in [0.05, 0.1) is 6.61 Å². The van der Waals surface area contributed by atoms with Gasteiger partial charge in [-0.2, -0.15) is 0 Å². The van der Waals surface area contributed by atoms with Crippen molar-refractivity contribution in [3.63, 3.8) is 0 Å². The number of hydrogen-bond acceptors (Lipinski definition) is 4. The first-order valence-electron chi connectivity index (χ1n) is 7.59. The van der Waals surface area contributed by atoms with Gasteiger partial charge in [0.25, 0.3) is 0 Å². The highest BCUT2D eigenvalue weighted by Crippen LogP contribution is 2.44. The number of benzene rings is 1. The number of esters is 1. The van der Waals surface area contributed by atoms with E-state index >= 15 is 0 Å². The number of fused-ring (bicyclic) bond motifs is 1. The molecule has 1 aliphatic heterocycles. The summed E-state index contributed by atoms with van der Waals surface area (Å²) in [5.41, 5.74) is 0.956. The zero-order valence-electron chi connectivity index (χ0n) is 12.2. The fraction of sp³-hybridized carbons (Fsp3) is 0.471. The fourth-order valence-corrected chi connectivity index (χ4v) is 4.23. The van der Waals surface area contributed by atoms with Crippen molar-refractivity contribution in [3.8, 4) is 0 Å². The average Bonchev–Trinajstić information content (AvgIpc) is 2.54. The van der Waals surface area contributed by atoms with Crippen LogP contribution >= 0.6 is 11.8 Å². The van der Waals surface area contributed by atoms with E-state index in [0.29, 0.717) is 22.5 Å². The Morgan fingerprint density at radius 2 is 2.05 bits per heavy atom. The van der Waals surface area contributed by atoms with Gasteiger partial charge >= 0.3 is 5.97 Å². The Kier molecular flexibility index (Phi) is 4.54. The molecule has 0 saturated heterocycles. The molecular weight excluding hydrogens is 284 g/mol. The highest BCUT2D eigenvalue weighted by Gasteiger charge is 2.37. The summed E-state index contributed by atoms with van der Waals surface area (Å²) in [6.45, 7) is 2.22. The Balaban J connectivity index is 1.97. The monoisotopic (exact) mass is 304 g/mol. The first kappa shape index (κ1) is 14.5. The van der Waals surface area contributed by atoms with E-state index in [1.54, 1.807) is 11.8 Å². The van der Waals surface area contributed by atoms with E-state index in [-0.39, 0.29) is 12.1 Å². The molecule has 112 valence electrons. The van der Waals surface area contributed by atoms with Crippen LogP contribution in [0.2, 0.25) is 0 Å². The van der Waals surface area contributed by atoms with E-state index in [1.165, 1.54) is 12.8 Å². The molecule has 0 amide bonds. The lowest BCUT2D eigenvalue weighted by atomic mass is 9.96. The number of ether oxygens (including phenoxy) is 2. The van der Waals surface area contributed by atoms with Crippen molar-refractivity contribution in [1.29, 1.82) is 0 Å². The van der Waals surface area contributed by atoms with E-state index in [9.17, 15) is 4.79 Å². The minimum atomic E-state index is -0.259. The summed E-state index contributed by atoms with van der Waals surface area (Å²) in [6, 6.07) is 9.86. The zero-order chi connectivity index (χ0) is 14.7. The molecule has 1 aromatic carbocycles. The van der Waals surface area contributed by atoms with Crippen LogP contribution in [0, 0.1) is 0 Å². The van der Waals surface area contributed by atoms with Gasteiger partial charge in [0.1, 0.15) is 16.8 Å². The average molecular weight is 304 g/mol. The topological polar surface area (TPSA) is 35.5 Å². The Bertz CT molecular complexity index is 538. The summed E-state index contributed by atoms with van der Waals surface area (Å²) >= 11 is 1.65. The van der Waals surface area contributed by atoms with Crippen molar-refractivity contribution in [1.82, 2.24) is 0 Å². The van der Waals surface area contributed by atoms with E-state index in [1.807, 2.05) is 37.3 Å². The van der Waals surface area contributed by atoms with Gasteiger partial charge in [-0.3, -0.25) is 0 Å². The summed E-state index contributed by atoms with van der Waals surface area (Å²) in [6.07, 6.45) is 4.83. The second-order valence-electron chi connectivity index (χ2n) is 5.34. The third-order valence-electron chi connectivity index (χ3n) is 3.88. The van der Waals surface area contributed by atoms with Gasteiger partial charge < -0.3 is 9.47 Å². The SMILES string of the molecule is CCOC(=O)C1=C(c2ccccc2)O[C@@H]2CCCC[C@H]2S1. The van der Waals surface area contributed by atoms with Crippen LogP contribution < -0.4 is 0 Å². The molecule has 0 bridgehead atoms. The van der Waals surface area contributed by atoms with Crippen LogP contribution in [0.4, 0.5) is 0 Å². The number of thioether (sulfide) groups is 1. The molecule has 1 heterocycles. The van der Waals surface area contributed by atoms with Gasteiger partial charge in [0, 0.05) is 10.8 Å². The van der Waals surface area contributed by atoms with Crippen LogP contribution in [0.3, 0.4) is 0 Å². The molecule has 0 radical (unpaired) electrons. The normalized spacial score (nSPS) is 25.0. The lowest BCUT2D eigenvalue weighted by Crippen LogP contribution is -2.34. The van der Waals surface area contributed by atoms with Gasteiger partial charge in [-0.05, 0) is 26.2 Å². The lowest BCUT2D eigenvalue weighted by molar-refractivity contribution is -0.137. The predicted molar refractivity (Wildman–Crippen MR) is 84.7 cm³/mol. The molecule has 3 rings (SSSR count). The molecule has 0 aromatic heterocycles. The van der Waals surface area contributed by atoms with Gasteiger partial charge in [-0.15, -0.1) is 11.8 Å². The summed E-state index contributed by atoms with van der Waals surface area (Å²) in [7, 11) is 0. The summed E-state index contributed by atoms with van der Waals surface area (Å²) in [5, 5.41) is 0.380. The Morgan fingerprint density at radius 1 is 1.29 bits per heavy atom. The third kappa shape index (κ3) is 3.10. The van der Waals surface area contributed by atoms with Crippen LogP contribution in [-0.4, -0.2) is 23.9 Å². The first-order valence-corrected chi connectivity index (χ1v) is 8.47. The molecule has 0 spiro atoms. The van der Waals surface area contributed by atoms with Crippen molar-refractivity contribution in [2.75, 3.05) is 6.61 Å². The van der Waals surface area contributed by atoms with Crippen LogP contribution in [0.1, 0.15) is 38.2 Å². The maximum absolute atomic E-state index is 12.3. The van der Waals surface area contributed by atoms with Crippen molar-refractivity contribution in [2.24, 2.45) is 0 Å². The summed E-state index contributed by atoms with van der Waals surface area (Å²) in [5.74, 6) is 0.438. The molecule has 21 heavy (non-hydrogen) atoms. The standard InChI is InChI=1S/C17H20O3S/c1-2-19-17(18)16-15(12-8-4-3-5-9-12)20-13-10-6-7-11-14(13)21-16/h3-5,8-9,13-14H,2,6-7,10-11H2,1H3/t13-,14-/m1/s1. The molecule has 1 aromatic rings.